The first-order valence-corrected chi connectivity index (χ1v) is 7.11. The molecule has 5 nitrogen and oxygen atoms in total. The Labute approximate surface area is 122 Å². The fourth-order valence-electron chi connectivity index (χ4n) is 2.58. The molecule has 0 unspecified atom stereocenters. The van der Waals surface area contributed by atoms with E-state index in [0.717, 1.165) is 29.8 Å². The molecule has 21 heavy (non-hydrogen) atoms. The first kappa shape index (κ1) is 13.5. The molecular formula is C16H18N4O. The summed E-state index contributed by atoms with van der Waals surface area (Å²) in [6.45, 7) is 5.29. The molecule has 3 rings (SSSR count). The van der Waals surface area contributed by atoms with Gasteiger partial charge in [0, 0.05) is 25.5 Å². The zero-order chi connectivity index (χ0) is 14.8. The third-order valence-corrected chi connectivity index (χ3v) is 3.72. The van der Waals surface area contributed by atoms with Crippen LogP contribution in [0.1, 0.15) is 17.9 Å². The van der Waals surface area contributed by atoms with Crippen LogP contribution in [0.25, 0.3) is 11.0 Å². The summed E-state index contributed by atoms with van der Waals surface area (Å²) in [5.41, 5.74) is 2.31. The number of aromatic nitrogens is 4. The highest BCUT2D eigenvalue weighted by molar-refractivity contribution is 5.74. The fraction of sp³-hybridized carbons (Fsp3) is 0.312. The summed E-state index contributed by atoms with van der Waals surface area (Å²) in [6.07, 6.45) is 4.64. The molecule has 0 amide bonds. The van der Waals surface area contributed by atoms with Crippen molar-refractivity contribution in [1.82, 2.24) is 19.1 Å². The SMILES string of the molecule is Cc1nc2ccccc2n(CCCn2ccnc2C)c1=O. The average molecular weight is 282 g/mol. The van der Waals surface area contributed by atoms with Gasteiger partial charge >= 0.3 is 0 Å². The Balaban J connectivity index is 1.88. The highest BCUT2D eigenvalue weighted by Crippen LogP contribution is 2.10. The molecule has 0 N–H and O–H groups in total. The van der Waals surface area contributed by atoms with Crippen LogP contribution >= 0.6 is 0 Å². The van der Waals surface area contributed by atoms with Crippen LogP contribution in [0, 0.1) is 13.8 Å². The summed E-state index contributed by atoms with van der Waals surface area (Å²) >= 11 is 0. The smallest absolute Gasteiger partial charge is 0.272 e. The van der Waals surface area contributed by atoms with Crippen molar-refractivity contribution >= 4 is 11.0 Å². The Hall–Kier alpha value is -2.43. The monoisotopic (exact) mass is 282 g/mol. The lowest BCUT2D eigenvalue weighted by Crippen LogP contribution is -2.24. The first-order chi connectivity index (χ1) is 10.2. The van der Waals surface area contributed by atoms with E-state index in [2.05, 4.69) is 14.5 Å². The van der Waals surface area contributed by atoms with Gasteiger partial charge in [-0.05, 0) is 32.4 Å². The molecule has 2 aromatic heterocycles. The molecule has 0 aliphatic heterocycles. The van der Waals surface area contributed by atoms with E-state index in [1.807, 2.05) is 42.0 Å². The number of fused-ring (bicyclic) bond motifs is 1. The Morgan fingerprint density at radius 2 is 1.95 bits per heavy atom. The van der Waals surface area contributed by atoms with E-state index in [4.69, 9.17) is 0 Å². The standard InChI is InChI=1S/C16H18N4O/c1-12-16(21)20(15-7-4-3-6-14(15)18-12)10-5-9-19-11-8-17-13(19)2/h3-4,6-8,11H,5,9-10H2,1-2H3. The lowest BCUT2D eigenvalue weighted by atomic mass is 10.2. The number of rotatable bonds is 4. The minimum Gasteiger partial charge on any atom is -0.335 e. The van der Waals surface area contributed by atoms with Crippen LogP contribution < -0.4 is 5.56 Å². The van der Waals surface area contributed by atoms with Gasteiger partial charge in [0.25, 0.3) is 5.56 Å². The third kappa shape index (κ3) is 2.59. The van der Waals surface area contributed by atoms with Gasteiger partial charge in [0.2, 0.25) is 0 Å². The molecule has 0 atom stereocenters. The second kappa shape index (κ2) is 5.52. The number of hydrogen-bond donors (Lipinski definition) is 0. The number of aryl methyl sites for hydroxylation is 4. The average Bonchev–Trinajstić information content (AvgIpc) is 2.88. The number of benzene rings is 1. The van der Waals surface area contributed by atoms with Crippen LogP contribution in [-0.4, -0.2) is 19.1 Å². The summed E-state index contributed by atoms with van der Waals surface area (Å²) in [4.78, 5) is 20.9. The summed E-state index contributed by atoms with van der Waals surface area (Å²) in [5, 5.41) is 0. The molecule has 0 radical (unpaired) electrons. The zero-order valence-electron chi connectivity index (χ0n) is 12.3. The van der Waals surface area contributed by atoms with Crippen LogP contribution in [0.2, 0.25) is 0 Å². The summed E-state index contributed by atoms with van der Waals surface area (Å²) in [7, 11) is 0. The predicted molar refractivity (Wildman–Crippen MR) is 82.3 cm³/mol. The molecule has 0 saturated heterocycles. The van der Waals surface area contributed by atoms with Crippen molar-refractivity contribution in [2.75, 3.05) is 0 Å². The number of para-hydroxylation sites is 2. The van der Waals surface area contributed by atoms with E-state index in [1.54, 1.807) is 13.1 Å². The van der Waals surface area contributed by atoms with Gasteiger partial charge in [-0.15, -0.1) is 0 Å². The maximum Gasteiger partial charge on any atom is 0.272 e. The van der Waals surface area contributed by atoms with Crippen molar-refractivity contribution in [1.29, 1.82) is 0 Å². The van der Waals surface area contributed by atoms with Crippen LogP contribution in [0.5, 0.6) is 0 Å². The van der Waals surface area contributed by atoms with Crippen molar-refractivity contribution < 1.29 is 0 Å². The van der Waals surface area contributed by atoms with Gasteiger partial charge in [-0.1, -0.05) is 12.1 Å². The van der Waals surface area contributed by atoms with Gasteiger partial charge in [0.05, 0.1) is 11.0 Å². The predicted octanol–water partition coefficient (Wildman–Crippen LogP) is 2.30. The Morgan fingerprint density at radius 3 is 2.71 bits per heavy atom. The molecule has 0 fully saturated rings. The Bertz CT molecular complexity index is 832. The van der Waals surface area contributed by atoms with Crippen LogP contribution in [0.3, 0.4) is 0 Å². The second-order valence-electron chi connectivity index (χ2n) is 5.16. The molecule has 0 aliphatic carbocycles. The highest BCUT2D eigenvalue weighted by atomic mass is 16.1. The van der Waals surface area contributed by atoms with E-state index >= 15 is 0 Å². The first-order valence-electron chi connectivity index (χ1n) is 7.11. The Kier molecular flexibility index (Phi) is 3.56. The van der Waals surface area contributed by atoms with Crippen molar-refractivity contribution in [3.63, 3.8) is 0 Å². The fourth-order valence-corrected chi connectivity index (χ4v) is 2.58. The van der Waals surface area contributed by atoms with E-state index in [1.165, 1.54) is 0 Å². The van der Waals surface area contributed by atoms with Gasteiger partial charge in [-0.25, -0.2) is 9.97 Å². The lowest BCUT2D eigenvalue weighted by molar-refractivity contribution is 0.553. The van der Waals surface area contributed by atoms with Gasteiger partial charge in [0.1, 0.15) is 11.5 Å². The van der Waals surface area contributed by atoms with Crippen molar-refractivity contribution in [3.05, 3.63) is 58.5 Å². The molecule has 0 aliphatic rings. The molecule has 0 spiro atoms. The molecule has 1 aromatic carbocycles. The molecule has 2 heterocycles. The minimum atomic E-state index is -0.00365. The van der Waals surface area contributed by atoms with Gasteiger partial charge in [-0.3, -0.25) is 4.79 Å². The van der Waals surface area contributed by atoms with Gasteiger partial charge in [-0.2, -0.15) is 0 Å². The van der Waals surface area contributed by atoms with E-state index in [-0.39, 0.29) is 5.56 Å². The van der Waals surface area contributed by atoms with E-state index in [0.29, 0.717) is 12.2 Å². The number of hydrogen-bond acceptors (Lipinski definition) is 3. The lowest BCUT2D eigenvalue weighted by Gasteiger charge is -2.11. The van der Waals surface area contributed by atoms with Crippen molar-refractivity contribution in [2.45, 2.75) is 33.4 Å². The quantitative estimate of drug-likeness (QED) is 0.738. The zero-order valence-corrected chi connectivity index (χ0v) is 12.3. The van der Waals surface area contributed by atoms with Gasteiger partial charge < -0.3 is 9.13 Å². The Morgan fingerprint density at radius 1 is 1.14 bits per heavy atom. The molecule has 0 saturated carbocycles. The van der Waals surface area contributed by atoms with Crippen LogP contribution in [-0.2, 0) is 13.1 Å². The van der Waals surface area contributed by atoms with Crippen molar-refractivity contribution in [3.8, 4) is 0 Å². The normalized spacial score (nSPS) is 11.1. The molecule has 108 valence electrons. The molecule has 5 heteroatoms. The molecule has 3 aromatic rings. The second-order valence-corrected chi connectivity index (χ2v) is 5.16. The third-order valence-electron chi connectivity index (χ3n) is 3.72. The number of nitrogens with zero attached hydrogens (tertiary/aromatic N) is 4. The van der Waals surface area contributed by atoms with Gasteiger partial charge in [0.15, 0.2) is 0 Å². The number of imidazole rings is 1. The summed E-state index contributed by atoms with van der Waals surface area (Å²) in [5.74, 6) is 0.998. The summed E-state index contributed by atoms with van der Waals surface area (Å²) in [6, 6.07) is 7.78. The van der Waals surface area contributed by atoms with E-state index in [9.17, 15) is 4.79 Å². The molecule has 0 bridgehead atoms. The topological polar surface area (TPSA) is 52.7 Å². The van der Waals surface area contributed by atoms with E-state index < -0.39 is 0 Å². The highest BCUT2D eigenvalue weighted by Gasteiger charge is 2.07. The molecular weight excluding hydrogens is 264 g/mol. The minimum absolute atomic E-state index is 0.00365. The van der Waals surface area contributed by atoms with Crippen LogP contribution in [0.15, 0.2) is 41.5 Å². The maximum absolute atomic E-state index is 12.3. The summed E-state index contributed by atoms with van der Waals surface area (Å²) < 4.78 is 3.92. The maximum atomic E-state index is 12.3. The van der Waals surface area contributed by atoms with Crippen molar-refractivity contribution in [2.24, 2.45) is 0 Å². The largest absolute Gasteiger partial charge is 0.335 e. The van der Waals surface area contributed by atoms with Crippen LogP contribution in [0.4, 0.5) is 0 Å².